The van der Waals surface area contributed by atoms with Crippen molar-refractivity contribution in [3.8, 4) is 0 Å². The molecule has 96 valence electrons. The number of aryl methyl sites for hydroxylation is 1. The molecule has 5 heteroatoms. The van der Waals surface area contributed by atoms with Crippen molar-refractivity contribution in [2.24, 2.45) is 5.92 Å². The summed E-state index contributed by atoms with van der Waals surface area (Å²) in [5.41, 5.74) is 2.26. The molecule has 0 aromatic carbocycles. The summed E-state index contributed by atoms with van der Waals surface area (Å²) >= 11 is 5.40. The quantitative estimate of drug-likeness (QED) is 0.634. The fraction of sp³-hybridized carbons (Fsp3) is 0.462. The Balaban J connectivity index is 1.76. The van der Waals surface area contributed by atoms with Gasteiger partial charge >= 0.3 is 0 Å². The number of hydrogen-bond acceptors (Lipinski definition) is 4. The van der Waals surface area contributed by atoms with Gasteiger partial charge in [-0.2, -0.15) is 0 Å². The number of rotatable bonds is 5. The Bertz CT molecular complexity index is 458. The fourth-order valence-electron chi connectivity index (χ4n) is 1.89. The third kappa shape index (κ3) is 3.53. The summed E-state index contributed by atoms with van der Waals surface area (Å²) in [6.07, 6.45) is 3.02. The van der Waals surface area contributed by atoms with E-state index in [0.717, 1.165) is 17.7 Å². The van der Waals surface area contributed by atoms with E-state index in [1.54, 1.807) is 0 Å². The monoisotopic (exact) mass is 265 g/mol. The van der Waals surface area contributed by atoms with Gasteiger partial charge in [0.2, 0.25) is 0 Å². The van der Waals surface area contributed by atoms with Crippen LogP contribution in [0.1, 0.15) is 30.0 Å². The Morgan fingerprint density at radius 1 is 1.50 bits per heavy atom. The van der Waals surface area contributed by atoms with Crippen LogP contribution in [0.15, 0.2) is 18.3 Å². The van der Waals surface area contributed by atoms with Crippen LogP contribution in [0.4, 0.5) is 0 Å². The topological polar surface area (TPSA) is 69.8 Å². The largest absolute Gasteiger partial charge is 0.481 e. The summed E-state index contributed by atoms with van der Waals surface area (Å²) in [7, 11) is 0. The minimum atomic E-state index is -0.0625. The first-order valence-corrected chi connectivity index (χ1v) is 6.29. The van der Waals surface area contributed by atoms with Gasteiger partial charge in [0.05, 0.1) is 13.0 Å². The molecule has 1 fully saturated rings. The summed E-state index contributed by atoms with van der Waals surface area (Å²) in [5.74, 6) is 0.955. The fourth-order valence-corrected chi connectivity index (χ4v) is 2.01. The van der Waals surface area contributed by atoms with Gasteiger partial charge in [0.1, 0.15) is 5.17 Å². The molecule has 1 heterocycles. The standard InChI is InChI=1S/C13H16ClN3O/c1-8-2-3-11(17-6-8)10-4-9(10)7-18-13(16)5-12(14)15/h2-3,6,9-10,15-16H,4-5,7H2,1H3. The maximum Gasteiger partial charge on any atom is 0.187 e. The van der Waals surface area contributed by atoms with Crippen LogP contribution in [0.2, 0.25) is 0 Å². The first kappa shape index (κ1) is 13.0. The molecule has 1 aliphatic rings. The molecule has 0 amide bonds. The van der Waals surface area contributed by atoms with E-state index in [9.17, 15) is 0 Å². The molecule has 4 nitrogen and oxygen atoms in total. The number of halogens is 1. The van der Waals surface area contributed by atoms with E-state index in [1.165, 1.54) is 0 Å². The number of aromatic nitrogens is 1. The number of nitrogens with zero attached hydrogens (tertiary/aromatic N) is 1. The van der Waals surface area contributed by atoms with E-state index >= 15 is 0 Å². The highest BCUT2D eigenvalue weighted by molar-refractivity contribution is 6.65. The lowest BCUT2D eigenvalue weighted by Gasteiger charge is -2.05. The third-order valence-corrected chi connectivity index (χ3v) is 3.16. The Labute approximate surface area is 111 Å². The molecule has 1 aromatic heterocycles. The molecule has 2 N–H and O–H groups in total. The van der Waals surface area contributed by atoms with E-state index in [1.807, 2.05) is 13.1 Å². The van der Waals surface area contributed by atoms with Crippen molar-refractivity contribution in [3.05, 3.63) is 29.6 Å². The zero-order chi connectivity index (χ0) is 13.1. The van der Waals surface area contributed by atoms with E-state index in [4.69, 9.17) is 27.2 Å². The number of ether oxygens (including phenoxy) is 1. The second-order valence-electron chi connectivity index (χ2n) is 4.68. The predicted molar refractivity (Wildman–Crippen MR) is 71.7 cm³/mol. The van der Waals surface area contributed by atoms with Crippen LogP contribution >= 0.6 is 11.6 Å². The minimum Gasteiger partial charge on any atom is -0.481 e. The molecule has 0 radical (unpaired) electrons. The van der Waals surface area contributed by atoms with Crippen molar-refractivity contribution < 1.29 is 4.74 Å². The summed E-state index contributed by atoms with van der Waals surface area (Å²) in [6.45, 7) is 2.54. The van der Waals surface area contributed by atoms with Gasteiger partial charge < -0.3 is 4.74 Å². The maximum atomic E-state index is 7.48. The Morgan fingerprint density at radius 2 is 2.28 bits per heavy atom. The molecule has 18 heavy (non-hydrogen) atoms. The average molecular weight is 266 g/mol. The summed E-state index contributed by atoms with van der Waals surface area (Å²) in [5, 5.41) is 14.5. The molecule has 2 rings (SSSR count). The molecule has 2 unspecified atom stereocenters. The van der Waals surface area contributed by atoms with Crippen LogP contribution in [-0.2, 0) is 4.74 Å². The molecular weight excluding hydrogens is 250 g/mol. The summed E-state index contributed by atoms with van der Waals surface area (Å²) in [4.78, 5) is 4.40. The Morgan fingerprint density at radius 3 is 2.89 bits per heavy atom. The van der Waals surface area contributed by atoms with Gasteiger partial charge in [-0.15, -0.1) is 0 Å². The molecule has 2 atom stereocenters. The molecule has 0 bridgehead atoms. The molecule has 0 saturated heterocycles. The van der Waals surface area contributed by atoms with Crippen LogP contribution in [-0.4, -0.2) is 22.7 Å². The SMILES string of the molecule is Cc1ccc(C2CC2COC(=N)CC(=N)Cl)nc1. The van der Waals surface area contributed by atoms with Crippen LogP contribution in [0.3, 0.4) is 0 Å². The summed E-state index contributed by atoms with van der Waals surface area (Å²) < 4.78 is 5.28. The van der Waals surface area contributed by atoms with Gasteiger partial charge in [-0.25, -0.2) is 0 Å². The second kappa shape index (κ2) is 5.48. The highest BCUT2D eigenvalue weighted by Gasteiger charge is 2.40. The van der Waals surface area contributed by atoms with Gasteiger partial charge in [0.25, 0.3) is 0 Å². The molecule has 0 spiro atoms. The van der Waals surface area contributed by atoms with E-state index in [0.29, 0.717) is 18.4 Å². The van der Waals surface area contributed by atoms with Crippen molar-refractivity contribution in [2.45, 2.75) is 25.7 Å². The molecule has 1 aromatic rings. The molecule has 1 saturated carbocycles. The lowest BCUT2D eigenvalue weighted by molar-refractivity contribution is 0.277. The Kier molecular flexibility index (Phi) is 3.97. The number of nitrogens with one attached hydrogen (secondary N) is 2. The molecular formula is C13H16ClN3O. The first-order valence-electron chi connectivity index (χ1n) is 5.92. The van der Waals surface area contributed by atoms with Crippen molar-refractivity contribution in [1.82, 2.24) is 4.98 Å². The first-order chi connectivity index (χ1) is 8.56. The van der Waals surface area contributed by atoms with Gasteiger partial charge in [-0.05, 0) is 25.0 Å². The normalized spacial score (nSPS) is 21.4. The van der Waals surface area contributed by atoms with E-state index in [-0.39, 0.29) is 17.5 Å². The van der Waals surface area contributed by atoms with Crippen LogP contribution < -0.4 is 0 Å². The lowest BCUT2D eigenvalue weighted by Crippen LogP contribution is -2.09. The molecule has 1 aliphatic carbocycles. The van der Waals surface area contributed by atoms with Crippen LogP contribution in [0, 0.1) is 23.7 Å². The third-order valence-electron chi connectivity index (χ3n) is 3.02. The van der Waals surface area contributed by atoms with Crippen molar-refractivity contribution in [1.29, 1.82) is 10.8 Å². The summed E-state index contributed by atoms with van der Waals surface area (Å²) in [6, 6.07) is 4.12. The van der Waals surface area contributed by atoms with Crippen molar-refractivity contribution in [3.63, 3.8) is 0 Å². The zero-order valence-electron chi connectivity index (χ0n) is 10.2. The maximum absolute atomic E-state index is 7.48. The highest BCUT2D eigenvalue weighted by Crippen LogP contribution is 2.46. The Hall–Kier alpha value is -1.42. The minimum absolute atomic E-state index is 0.0625. The van der Waals surface area contributed by atoms with Crippen molar-refractivity contribution >= 4 is 22.7 Å². The number of hydrogen-bond donors (Lipinski definition) is 2. The van der Waals surface area contributed by atoms with Crippen molar-refractivity contribution in [2.75, 3.05) is 6.61 Å². The number of pyridine rings is 1. The van der Waals surface area contributed by atoms with Gasteiger partial charge in [-0.3, -0.25) is 15.8 Å². The van der Waals surface area contributed by atoms with Gasteiger partial charge in [-0.1, -0.05) is 17.7 Å². The zero-order valence-corrected chi connectivity index (χ0v) is 11.0. The van der Waals surface area contributed by atoms with Gasteiger partial charge in [0.15, 0.2) is 5.90 Å². The second-order valence-corrected chi connectivity index (χ2v) is 5.13. The average Bonchev–Trinajstić information content (AvgIpc) is 3.06. The van der Waals surface area contributed by atoms with Crippen LogP contribution in [0.5, 0.6) is 0 Å². The molecule has 0 aliphatic heterocycles. The van der Waals surface area contributed by atoms with Crippen LogP contribution in [0.25, 0.3) is 0 Å². The predicted octanol–water partition coefficient (Wildman–Crippen LogP) is 3.09. The van der Waals surface area contributed by atoms with Gasteiger partial charge in [0, 0.05) is 23.7 Å². The van der Waals surface area contributed by atoms with E-state index < -0.39 is 0 Å². The highest BCUT2D eigenvalue weighted by atomic mass is 35.5. The van der Waals surface area contributed by atoms with E-state index in [2.05, 4.69) is 17.1 Å². The lowest BCUT2D eigenvalue weighted by atomic mass is 10.2. The smallest absolute Gasteiger partial charge is 0.187 e.